The predicted octanol–water partition coefficient (Wildman–Crippen LogP) is 0.245. The minimum absolute atomic E-state index is 0.0155. The molecule has 160 valence electrons. The average molecular weight is 405 g/mol. The van der Waals surface area contributed by atoms with Crippen LogP contribution in [0.2, 0.25) is 0 Å². The van der Waals surface area contributed by atoms with Crippen molar-refractivity contribution >= 4 is 11.8 Å². The van der Waals surface area contributed by atoms with Crippen LogP contribution in [-0.4, -0.2) is 96.8 Å². The van der Waals surface area contributed by atoms with Crippen molar-refractivity contribution in [2.45, 2.75) is 32.3 Å². The number of morpholine rings is 1. The van der Waals surface area contributed by atoms with Crippen LogP contribution in [0.4, 0.5) is 0 Å². The van der Waals surface area contributed by atoms with Gasteiger partial charge in [0.2, 0.25) is 5.91 Å². The van der Waals surface area contributed by atoms with E-state index in [-0.39, 0.29) is 24.3 Å². The lowest BCUT2D eigenvalue weighted by Crippen LogP contribution is -2.43. The molecule has 2 aliphatic heterocycles. The van der Waals surface area contributed by atoms with Gasteiger partial charge in [0.1, 0.15) is 5.69 Å². The number of amides is 2. The molecule has 29 heavy (non-hydrogen) atoms. The molecule has 0 saturated carbocycles. The third-order valence-electron chi connectivity index (χ3n) is 5.20. The fourth-order valence-electron chi connectivity index (χ4n) is 3.48. The van der Waals surface area contributed by atoms with E-state index >= 15 is 0 Å². The van der Waals surface area contributed by atoms with Gasteiger partial charge in [-0.15, -0.1) is 0 Å². The fraction of sp³-hybridized carbons (Fsp3) is 0.700. The number of nitrogens with zero attached hydrogens (tertiary/aromatic N) is 4. The molecule has 0 aliphatic carbocycles. The molecular weight excluding hydrogens is 374 g/mol. The highest BCUT2D eigenvalue weighted by Crippen LogP contribution is 2.15. The van der Waals surface area contributed by atoms with Crippen LogP contribution in [0.3, 0.4) is 0 Å². The Kier molecular flexibility index (Phi) is 8.33. The van der Waals surface area contributed by atoms with Crippen LogP contribution < -0.4 is 5.32 Å². The summed E-state index contributed by atoms with van der Waals surface area (Å²) in [7, 11) is 0. The molecule has 0 aromatic carbocycles. The number of carbonyl (C=O) groups excluding carboxylic acids is 2. The van der Waals surface area contributed by atoms with Gasteiger partial charge in [0, 0.05) is 58.5 Å². The van der Waals surface area contributed by atoms with Gasteiger partial charge in [-0.25, -0.2) is 4.98 Å². The SMILES string of the molecule is Cc1cnc(C(=O)N(CCC(=O)NCCN2CCOCC2)C[C@H]2CCCO2)cn1. The molecule has 2 saturated heterocycles. The van der Waals surface area contributed by atoms with Crippen molar-refractivity contribution in [1.82, 2.24) is 25.1 Å². The minimum Gasteiger partial charge on any atom is -0.379 e. The van der Waals surface area contributed by atoms with E-state index in [0.717, 1.165) is 58.0 Å². The van der Waals surface area contributed by atoms with E-state index in [2.05, 4.69) is 20.2 Å². The number of ether oxygens (including phenoxy) is 2. The summed E-state index contributed by atoms with van der Waals surface area (Å²) >= 11 is 0. The first-order chi connectivity index (χ1) is 14.1. The van der Waals surface area contributed by atoms with Crippen LogP contribution >= 0.6 is 0 Å². The largest absolute Gasteiger partial charge is 0.379 e. The highest BCUT2D eigenvalue weighted by atomic mass is 16.5. The predicted molar refractivity (Wildman–Crippen MR) is 107 cm³/mol. The Bertz CT molecular complexity index is 657. The molecule has 9 nitrogen and oxygen atoms in total. The second-order valence-corrected chi connectivity index (χ2v) is 7.48. The first-order valence-corrected chi connectivity index (χ1v) is 10.4. The average Bonchev–Trinajstić information content (AvgIpc) is 3.25. The summed E-state index contributed by atoms with van der Waals surface area (Å²) in [5.41, 5.74) is 1.05. The summed E-state index contributed by atoms with van der Waals surface area (Å²) in [6.45, 7) is 8.05. The first-order valence-electron chi connectivity index (χ1n) is 10.4. The van der Waals surface area contributed by atoms with Gasteiger partial charge in [0.15, 0.2) is 0 Å². The Hall–Kier alpha value is -2.10. The van der Waals surface area contributed by atoms with Gasteiger partial charge in [0.25, 0.3) is 5.91 Å². The van der Waals surface area contributed by atoms with Crippen LogP contribution in [-0.2, 0) is 14.3 Å². The van der Waals surface area contributed by atoms with Gasteiger partial charge in [0.05, 0.1) is 31.2 Å². The van der Waals surface area contributed by atoms with Gasteiger partial charge in [-0.2, -0.15) is 0 Å². The number of aryl methyl sites for hydroxylation is 1. The van der Waals surface area contributed by atoms with E-state index in [4.69, 9.17) is 9.47 Å². The van der Waals surface area contributed by atoms with Gasteiger partial charge in [-0.3, -0.25) is 19.5 Å². The lowest BCUT2D eigenvalue weighted by atomic mass is 10.2. The summed E-state index contributed by atoms with van der Waals surface area (Å²) in [6.07, 6.45) is 5.26. The summed E-state index contributed by atoms with van der Waals surface area (Å²) in [6, 6.07) is 0. The lowest BCUT2D eigenvalue weighted by Gasteiger charge is -2.27. The van der Waals surface area contributed by atoms with Crippen molar-refractivity contribution in [1.29, 1.82) is 0 Å². The smallest absolute Gasteiger partial charge is 0.274 e. The minimum atomic E-state index is -0.214. The van der Waals surface area contributed by atoms with Gasteiger partial charge in [-0.05, 0) is 19.8 Å². The van der Waals surface area contributed by atoms with Crippen LogP contribution in [0.1, 0.15) is 35.4 Å². The molecule has 1 N–H and O–H groups in total. The Morgan fingerprint density at radius 3 is 2.76 bits per heavy atom. The van der Waals surface area contributed by atoms with Gasteiger partial charge >= 0.3 is 0 Å². The molecule has 2 aliphatic rings. The maximum absolute atomic E-state index is 12.9. The van der Waals surface area contributed by atoms with Crippen molar-refractivity contribution < 1.29 is 19.1 Å². The topological polar surface area (TPSA) is 96.9 Å². The van der Waals surface area contributed by atoms with E-state index < -0.39 is 0 Å². The van der Waals surface area contributed by atoms with Gasteiger partial charge in [-0.1, -0.05) is 0 Å². The summed E-state index contributed by atoms with van der Waals surface area (Å²) in [5, 5.41) is 2.95. The van der Waals surface area contributed by atoms with Crippen molar-refractivity contribution in [3.05, 3.63) is 23.8 Å². The molecule has 0 radical (unpaired) electrons. The Morgan fingerprint density at radius 1 is 1.24 bits per heavy atom. The number of rotatable bonds is 9. The molecule has 1 atom stereocenters. The second kappa shape index (κ2) is 11.2. The third-order valence-corrected chi connectivity index (χ3v) is 5.20. The molecule has 3 heterocycles. The van der Waals surface area contributed by atoms with Gasteiger partial charge < -0.3 is 19.7 Å². The van der Waals surface area contributed by atoms with Crippen LogP contribution in [0.5, 0.6) is 0 Å². The zero-order chi connectivity index (χ0) is 20.5. The number of aromatic nitrogens is 2. The normalized spacial score (nSPS) is 19.8. The lowest BCUT2D eigenvalue weighted by molar-refractivity contribution is -0.121. The Morgan fingerprint density at radius 2 is 2.07 bits per heavy atom. The molecule has 2 amide bonds. The Labute approximate surface area is 171 Å². The molecule has 1 aromatic heterocycles. The molecule has 1 aromatic rings. The van der Waals surface area contributed by atoms with Crippen molar-refractivity contribution in [2.75, 3.05) is 59.1 Å². The molecule has 3 rings (SSSR count). The second-order valence-electron chi connectivity index (χ2n) is 7.48. The summed E-state index contributed by atoms with van der Waals surface area (Å²) < 4.78 is 11.0. The van der Waals surface area contributed by atoms with E-state index in [1.165, 1.54) is 6.20 Å². The van der Waals surface area contributed by atoms with Crippen LogP contribution in [0.25, 0.3) is 0 Å². The summed E-state index contributed by atoms with van der Waals surface area (Å²) in [5.74, 6) is -0.271. The third kappa shape index (κ3) is 7.02. The maximum Gasteiger partial charge on any atom is 0.274 e. The molecule has 2 fully saturated rings. The number of nitrogens with one attached hydrogen (secondary N) is 1. The van der Waals surface area contributed by atoms with E-state index in [1.807, 2.05) is 6.92 Å². The molecule has 0 unspecified atom stereocenters. The quantitative estimate of drug-likeness (QED) is 0.629. The van der Waals surface area contributed by atoms with E-state index in [9.17, 15) is 9.59 Å². The van der Waals surface area contributed by atoms with Crippen molar-refractivity contribution in [3.63, 3.8) is 0 Å². The highest BCUT2D eigenvalue weighted by Gasteiger charge is 2.25. The highest BCUT2D eigenvalue weighted by molar-refractivity contribution is 5.92. The van der Waals surface area contributed by atoms with Crippen molar-refractivity contribution in [3.8, 4) is 0 Å². The number of hydrogen-bond acceptors (Lipinski definition) is 7. The zero-order valence-electron chi connectivity index (χ0n) is 17.1. The number of carbonyl (C=O) groups is 2. The molecular formula is C20H31N5O4. The number of hydrogen-bond donors (Lipinski definition) is 1. The zero-order valence-corrected chi connectivity index (χ0v) is 17.1. The fourth-order valence-corrected chi connectivity index (χ4v) is 3.48. The Balaban J connectivity index is 1.48. The van der Waals surface area contributed by atoms with Crippen LogP contribution in [0.15, 0.2) is 12.4 Å². The molecule has 0 spiro atoms. The van der Waals surface area contributed by atoms with E-state index in [1.54, 1.807) is 11.1 Å². The molecule has 9 heteroatoms. The molecule has 0 bridgehead atoms. The van der Waals surface area contributed by atoms with Crippen molar-refractivity contribution in [2.24, 2.45) is 0 Å². The first kappa shape index (κ1) is 21.6. The summed E-state index contributed by atoms with van der Waals surface area (Å²) in [4.78, 5) is 37.5. The maximum atomic E-state index is 12.9. The monoisotopic (exact) mass is 405 g/mol. The van der Waals surface area contributed by atoms with E-state index in [0.29, 0.717) is 25.3 Å². The van der Waals surface area contributed by atoms with Crippen LogP contribution in [0, 0.1) is 6.92 Å². The standard InChI is InChI=1S/C20H31N5O4/c1-16-13-23-18(14-22-16)20(27)25(15-17-3-2-10-29-17)6-4-19(26)21-5-7-24-8-11-28-12-9-24/h13-14,17H,2-12,15H2,1H3,(H,21,26)/t17-/m1/s1.